The third-order valence-corrected chi connectivity index (χ3v) is 3.10. The van der Waals surface area contributed by atoms with E-state index in [4.69, 9.17) is 5.11 Å². The second-order valence-electron chi connectivity index (χ2n) is 5.30. The lowest BCUT2D eigenvalue weighted by atomic mass is 10.1. The third-order valence-electron chi connectivity index (χ3n) is 3.10. The number of carboxylic acid groups (broad SMARTS) is 1. The molecule has 1 aromatic carbocycles. The van der Waals surface area contributed by atoms with Gasteiger partial charge in [-0.1, -0.05) is 18.2 Å². The summed E-state index contributed by atoms with van der Waals surface area (Å²) in [6.07, 6.45) is -5.08. The van der Waals surface area contributed by atoms with E-state index in [1.807, 2.05) is 0 Å². The maximum atomic E-state index is 13.3. The molecule has 0 saturated carbocycles. The fourth-order valence-corrected chi connectivity index (χ4v) is 1.77. The number of alkyl halides is 5. The fourth-order valence-electron chi connectivity index (χ4n) is 1.77. The molecule has 1 aromatic rings. The first-order valence-corrected chi connectivity index (χ1v) is 6.95. The molecule has 1 rings (SSSR count). The Morgan fingerprint density at radius 2 is 1.81 bits per heavy atom. The predicted octanol–water partition coefficient (Wildman–Crippen LogP) is 2.03. The van der Waals surface area contributed by atoms with Crippen LogP contribution < -0.4 is 15.4 Å². The van der Waals surface area contributed by atoms with E-state index in [1.165, 1.54) is 11.4 Å². The first kappa shape index (κ1) is 21.4. The Hall–Kier alpha value is -2.63. The number of hydrogen-bond acceptors (Lipinski definition) is 4. The Bertz CT molecular complexity index is 651. The number of carboxylic acids is 1. The molecule has 26 heavy (non-hydrogen) atoms. The molecule has 12 heteroatoms. The molecule has 2 amide bonds. The van der Waals surface area contributed by atoms with Crippen molar-refractivity contribution < 1.29 is 46.5 Å². The van der Waals surface area contributed by atoms with Gasteiger partial charge in [-0.15, -0.1) is 0 Å². The number of aliphatic carboxylic acids is 1. The highest BCUT2D eigenvalue weighted by Gasteiger charge is 2.44. The summed E-state index contributed by atoms with van der Waals surface area (Å²) in [5.41, 5.74) is -3.19. The number of carbonyl (C=O) groups excluding carboxylic acids is 1. The SMILES string of the molecule is CC(O)(CNC(=O)NC(c1ccccc1OC(F)F)C(F)(F)F)C(=O)O. The molecule has 0 heterocycles. The van der Waals surface area contributed by atoms with Crippen molar-refractivity contribution in [1.29, 1.82) is 0 Å². The Kier molecular flexibility index (Phi) is 6.73. The maximum Gasteiger partial charge on any atom is 0.413 e. The summed E-state index contributed by atoms with van der Waals surface area (Å²) in [6.45, 7) is -3.46. The molecular formula is C14H15F5N2O5. The van der Waals surface area contributed by atoms with Gasteiger partial charge in [0.15, 0.2) is 11.6 Å². The smallest absolute Gasteiger partial charge is 0.413 e. The van der Waals surface area contributed by atoms with Crippen molar-refractivity contribution in [2.24, 2.45) is 0 Å². The monoisotopic (exact) mass is 386 g/mol. The number of amides is 2. The number of aliphatic hydroxyl groups is 1. The standard InChI is InChI=1S/C14H15F5N2O5/c1-13(25,10(22)23)6-20-12(24)21-9(14(17,18)19)7-4-2-3-5-8(7)26-11(15)16/h2-5,9,11,25H,6H2,1H3,(H,22,23)(H2,20,21,24). The van der Waals surface area contributed by atoms with Crippen LogP contribution in [0.25, 0.3) is 0 Å². The van der Waals surface area contributed by atoms with E-state index in [9.17, 15) is 36.6 Å². The summed E-state index contributed by atoms with van der Waals surface area (Å²) >= 11 is 0. The fraction of sp³-hybridized carbons (Fsp3) is 0.429. The highest BCUT2D eigenvalue weighted by atomic mass is 19.4. The van der Waals surface area contributed by atoms with Gasteiger partial charge in [0.25, 0.3) is 0 Å². The third kappa shape index (κ3) is 6.02. The van der Waals surface area contributed by atoms with Gasteiger partial charge in [0, 0.05) is 5.56 Å². The zero-order valence-electron chi connectivity index (χ0n) is 13.2. The normalized spacial score (nSPS) is 15.1. The molecule has 0 aliphatic heterocycles. The molecule has 7 nitrogen and oxygen atoms in total. The van der Waals surface area contributed by atoms with Crippen LogP contribution in [0, 0.1) is 0 Å². The number of urea groups is 1. The van der Waals surface area contributed by atoms with Crippen molar-refractivity contribution in [3.8, 4) is 5.75 Å². The number of nitrogens with one attached hydrogen (secondary N) is 2. The van der Waals surface area contributed by atoms with E-state index in [-0.39, 0.29) is 0 Å². The van der Waals surface area contributed by atoms with Crippen LogP contribution >= 0.6 is 0 Å². The van der Waals surface area contributed by atoms with Gasteiger partial charge in [-0.2, -0.15) is 22.0 Å². The van der Waals surface area contributed by atoms with Crippen LogP contribution in [-0.2, 0) is 4.79 Å². The summed E-state index contributed by atoms with van der Waals surface area (Å²) in [5.74, 6) is -2.50. The Morgan fingerprint density at radius 1 is 1.23 bits per heavy atom. The van der Waals surface area contributed by atoms with Gasteiger partial charge >= 0.3 is 24.8 Å². The van der Waals surface area contributed by atoms with Crippen LogP contribution in [0.5, 0.6) is 5.75 Å². The Labute approximate surface area is 143 Å². The van der Waals surface area contributed by atoms with Crippen LogP contribution in [0.3, 0.4) is 0 Å². The molecule has 0 bridgehead atoms. The summed E-state index contributed by atoms with van der Waals surface area (Å²) in [5, 5.41) is 21.4. The number of benzene rings is 1. The molecule has 4 N–H and O–H groups in total. The minimum absolute atomic E-state index is 0.777. The summed E-state index contributed by atoms with van der Waals surface area (Å²) < 4.78 is 68.5. The molecule has 0 spiro atoms. The zero-order chi connectivity index (χ0) is 20.1. The highest BCUT2D eigenvalue weighted by Crippen LogP contribution is 2.37. The van der Waals surface area contributed by atoms with Crippen molar-refractivity contribution in [2.75, 3.05) is 6.54 Å². The number of ether oxygens (including phenoxy) is 1. The van der Waals surface area contributed by atoms with Crippen LogP contribution in [0.1, 0.15) is 18.5 Å². The molecule has 0 saturated heterocycles. The molecule has 0 aliphatic carbocycles. The minimum Gasteiger partial charge on any atom is -0.479 e. The molecular weight excluding hydrogens is 371 g/mol. The maximum absolute atomic E-state index is 13.3. The van der Waals surface area contributed by atoms with Gasteiger partial charge in [-0.05, 0) is 13.0 Å². The van der Waals surface area contributed by atoms with Crippen LogP contribution in [-0.4, -0.2) is 47.1 Å². The van der Waals surface area contributed by atoms with E-state index in [0.29, 0.717) is 0 Å². The average molecular weight is 386 g/mol. The second kappa shape index (κ2) is 8.17. The van der Waals surface area contributed by atoms with Gasteiger partial charge in [-0.25, -0.2) is 9.59 Å². The van der Waals surface area contributed by atoms with Gasteiger partial charge < -0.3 is 25.6 Å². The molecule has 2 atom stereocenters. The van der Waals surface area contributed by atoms with E-state index >= 15 is 0 Å². The van der Waals surface area contributed by atoms with Crippen molar-refractivity contribution >= 4 is 12.0 Å². The van der Waals surface area contributed by atoms with Gasteiger partial charge in [0.1, 0.15) is 5.75 Å². The second-order valence-corrected chi connectivity index (χ2v) is 5.30. The largest absolute Gasteiger partial charge is 0.479 e. The molecule has 146 valence electrons. The quantitative estimate of drug-likeness (QED) is 0.537. The summed E-state index contributed by atoms with van der Waals surface area (Å²) in [4.78, 5) is 22.4. The van der Waals surface area contributed by atoms with Crippen LogP contribution in [0.15, 0.2) is 24.3 Å². The molecule has 0 fully saturated rings. The topological polar surface area (TPSA) is 108 Å². The van der Waals surface area contributed by atoms with Crippen molar-refractivity contribution in [1.82, 2.24) is 10.6 Å². The van der Waals surface area contributed by atoms with E-state index < -0.39 is 54.3 Å². The Morgan fingerprint density at radius 3 is 2.31 bits per heavy atom. The number of para-hydroxylation sites is 1. The minimum atomic E-state index is -5.08. The first-order chi connectivity index (χ1) is 11.8. The van der Waals surface area contributed by atoms with Crippen molar-refractivity contribution in [3.63, 3.8) is 0 Å². The lowest BCUT2D eigenvalue weighted by Gasteiger charge is -2.25. The highest BCUT2D eigenvalue weighted by molar-refractivity contribution is 5.79. The molecule has 0 aliphatic rings. The molecule has 0 aromatic heterocycles. The number of hydrogen-bond donors (Lipinski definition) is 4. The number of halogens is 5. The van der Waals surface area contributed by atoms with Gasteiger partial charge in [0.05, 0.1) is 6.54 Å². The predicted molar refractivity (Wildman–Crippen MR) is 76.7 cm³/mol. The Balaban J connectivity index is 3.00. The molecule has 0 radical (unpaired) electrons. The first-order valence-electron chi connectivity index (χ1n) is 6.95. The van der Waals surface area contributed by atoms with E-state index in [2.05, 4.69) is 4.74 Å². The van der Waals surface area contributed by atoms with Crippen LogP contribution in [0.4, 0.5) is 26.7 Å². The van der Waals surface area contributed by atoms with Gasteiger partial charge in [-0.3, -0.25) is 0 Å². The van der Waals surface area contributed by atoms with Gasteiger partial charge in [0.2, 0.25) is 0 Å². The van der Waals surface area contributed by atoms with Crippen molar-refractivity contribution in [3.05, 3.63) is 29.8 Å². The summed E-state index contributed by atoms with van der Waals surface area (Å²) in [7, 11) is 0. The average Bonchev–Trinajstić information content (AvgIpc) is 2.50. The number of carbonyl (C=O) groups is 2. The van der Waals surface area contributed by atoms with Crippen molar-refractivity contribution in [2.45, 2.75) is 31.4 Å². The summed E-state index contributed by atoms with van der Waals surface area (Å²) in [6, 6.07) is -0.189. The van der Waals surface area contributed by atoms with E-state index in [1.54, 1.807) is 5.32 Å². The lowest BCUT2D eigenvalue weighted by molar-refractivity contribution is -0.157. The zero-order valence-corrected chi connectivity index (χ0v) is 13.2. The number of rotatable bonds is 7. The molecule has 2 unspecified atom stereocenters. The van der Waals surface area contributed by atoms with Crippen LogP contribution in [0.2, 0.25) is 0 Å². The van der Waals surface area contributed by atoms with E-state index in [0.717, 1.165) is 25.1 Å². The lowest BCUT2D eigenvalue weighted by Crippen LogP contribution is -2.51.